The van der Waals surface area contributed by atoms with Crippen LogP contribution in [-0.4, -0.2) is 23.8 Å². The Kier molecular flexibility index (Phi) is 6.45. The number of aromatic nitrogens is 5. The summed E-state index contributed by atoms with van der Waals surface area (Å²) in [5, 5.41) is 5.29. The van der Waals surface area contributed by atoms with Crippen molar-refractivity contribution in [1.82, 2.24) is 23.8 Å². The zero-order valence-electron chi connectivity index (χ0n) is 28.4. The van der Waals surface area contributed by atoms with E-state index >= 15 is 0 Å². The molecule has 0 N–H and O–H groups in total. The van der Waals surface area contributed by atoms with Crippen LogP contribution in [0.4, 0.5) is 0 Å². The van der Waals surface area contributed by atoms with E-state index < -0.39 is 0 Å². The molecule has 0 atom stereocenters. The van der Waals surface area contributed by atoms with Crippen LogP contribution in [0, 0.1) is 0 Å². The maximum absolute atomic E-state index is 6.66. The Labute approximate surface area is 303 Å². The van der Waals surface area contributed by atoms with Gasteiger partial charge in [-0.25, -0.2) is 9.97 Å². The lowest BCUT2D eigenvalue weighted by molar-refractivity contribution is 0.484. The van der Waals surface area contributed by atoms with Gasteiger partial charge in [0.05, 0.1) is 28.4 Å². The highest BCUT2D eigenvalue weighted by molar-refractivity contribution is 6.17. The zero-order chi connectivity index (χ0) is 34.9. The monoisotopic (exact) mass is 679 g/mol. The summed E-state index contributed by atoms with van der Waals surface area (Å²) in [7, 11) is 0. The van der Waals surface area contributed by atoms with Gasteiger partial charge in [0.1, 0.15) is 22.8 Å². The van der Waals surface area contributed by atoms with Gasteiger partial charge in [-0.3, -0.25) is 13.8 Å². The van der Waals surface area contributed by atoms with Crippen LogP contribution in [0.5, 0.6) is 11.5 Å². The molecular weight excluding hydrogens is 651 g/mol. The van der Waals surface area contributed by atoms with E-state index in [1.54, 1.807) is 0 Å². The molecule has 0 aliphatic rings. The fourth-order valence-electron chi connectivity index (χ4n) is 8.00. The molecule has 0 saturated heterocycles. The van der Waals surface area contributed by atoms with E-state index in [0.717, 1.165) is 83.1 Å². The van der Waals surface area contributed by atoms with Gasteiger partial charge in [-0.15, -0.1) is 0 Å². The smallest absolute Gasteiger partial charge is 0.145 e. The molecule has 0 radical (unpaired) electrons. The molecule has 11 rings (SSSR count). The molecule has 0 aliphatic carbocycles. The van der Waals surface area contributed by atoms with E-state index in [1.165, 1.54) is 16.7 Å². The third-order valence-corrected chi connectivity index (χ3v) is 10.3. The molecule has 0 saturated carbocycles. The summed E-state index contributed by atoms with van der Waals surface area (Å²) >= 11 is 0. The summed E-state index contributed by atoms with van der Waals surface area (Å²) in [6.45, 7) is 0. The van der Waals surface area contributed by atoms with Crippen molar-refractivity contribution >= 4 is 54.8 Å². The van der Waals surface area contributed by atoms with Crippen LogP contribution in [0.3, 0.4) is 0 Å². The highest BCUT2D eigenvalue weighted by atomic mass is 16.5. The number of fused-ring (bicyclic) bond motifs is 12. The summed E-state index contributed by atoms with van der Waals surface area (Å²) in [6, 6.07) is 52.7. The van der Waals surface area contributed by atoms with E-state index in [4.69, 9.17) is 19.7 Å². The molecule has 5 heterocycles. The van der Waals surface area contributed by atoms with Crippen molar-refractivity contribution in [2.24, 2.45) is 0 Å². The minimum atomic E-state index is 0.720. The van der Waals surface area contributed by atoms with Gasteiger partial charge in [0.2, 0.25) is 0 Å². The van der Waals surface area contributed by atoms with Crippen molar-refractivity contribution in [2.45, 2.75) is 0 Å². The van der Waals surface area contributed by atoms with Gasteiger partial charge >= 0.3 is 0 Å². The van der Waals surface area contributed by atoms with Gasteiger partial charge in [0, 0.05) is 51.3 Å². The van der Waals surface area contributed by atoms with Gasteiger partial charge < -0.3 is 4.74 Å². The lowest BCUT2D eigenvalue weighted by Crippen LogP contribution is -1.97. The number of benzene rings is 6. The maximum atomic E-state index is 6.66. The Balaban J connectivity index is 1.08. The molecule has 6 aromatic carbocycles. The van der Waals surface area contributed by atoms with E-state index in [2.05, 4.69) is 148 Å². The third kappa shape index (κ3) is 4.56. The van der Waals surface area contributed by atoms with Gasteiger partial charge in [0.15, 0.2) is 0 Å². The minimum Gasteiger partial charge on any atom is -0.457 e. The fourth-order valence-corrected chi connectivity index (χ4v) is 8.00. The quantitative estimate of drug-likeness (QED) is 0.170. The van der Waals surface area contributed by atoms with Crippen LogP contribution in [0.2, 0.25) is 0 Å². The summed E-state index contributed by atoms with van der Waals surface area (Å²) in [5.74, 6) is 1.45. The SMILES string of the molecule is c1ccc(-c2ccc3c4ccc(Oc5ccc6c(c5)c5ncc(-c7ccccc7)n5c5cccnc65)cc4c4nccn4c3c2-c2ccccc2)cc1. The van der Waals surface area contributed by atoms with E-state index in [-0.39, 0.29) is 0 Å². The summed E-state index contributed by atoms with van der Waals surface area (Å²) in [4.78, 5) is 14.7. The number of rotatable bonds is 5. The van der Waals surface area contributed by atoms with E-state index in [9.17, 15) is 0 Å². The van der Waals surface area contributed by atoms with Crippen molar-refractivity contribution in [3.8, 4) is 45.0 Å². The number of ether oxygens (including phenoxy) is 1. The molecule has 6 heteroatoms. The molecule has 53 heavy (non-hydrogen) atoms. The highest BCUT2D eigenvalue weighted by Gasteiger charge is 2.20. The first-order valence-electron chi connectivity index (χ1n) is 17.7. The average molecular weight is 680 g/mol. The van der Waals surface area contributed by atoms with E-state index in [1.807, 2.05) is 36.8 Å². The Morgan fingerprint density at radius 3 is 1.89 bits per heavy atom. The minimum absolute atomic E-state index is 0.720. The second-order valence-electron chi connectivity index (χ2n) is 13.3. The van der Waals surface area contributed by atoms with Gasteiger partial charge in [-0.1, -0.05) is 103 Å². The van der Waals surface area contributed by atoms with Gasteiger partial charge in [0.25, 0.3) is 0 Å². The molecular formula is C47H29N5O. The fraction of sp³-hybridized carbons (Fsp3) is 0. The molecule has 248 valence electrons. The van der Waals surface area contributed by atoms with Crippen LogP contribution in [0.1, 0.15) is 0 Å². The molecule has 0 bridgehead atoms. The predicted molar refractivity (Wildman–Crippen MR) is 215 cm³/mol. The van der Waals surface area contributed by atoms with Crippen molar-refractivity contribution in [3.63, 3.8) is 0 Å². The first-order valence-corrected chi connectivity index (χ1v) is 17.7. The van der Waals surface area contributed by atoms with Crippen LogP contribution < -0.4 is 4.74 Å². The molecule has 11 aromatic rings. The lowest BCUT2D eigenvalue weighted by atomic mass is 9.90. The molecule has 0 fully saturated rings. The Hall–Kier alpha value is -7.31. The molecule has 0 aliphatic heterocycles. The second-order valence-corrected chi connectivity index (χ2v) is 13.3. The first-order chi connectivity index (χ1) is 26.3. The topological polar surface area (TPSA) is 56.7 Å². The number of hydrogen-bond donors (Lipinski definition) is 0. The number of imidazole rings is 2. The highest BCUT2D eigenvalue weighted by Crippen LogP contribution is 2.42. The average Bonchev–Trinajstić information content (AvgIpc) is 3.91. The standard InChI is InChI=1S/C47H29N5O/c1-4-11-30(12-5-1)35-22-23-38-36-20-18-33(27-39(36)46-49-25-26-51(46)45(38)43(35)32-15-8-3-9-16-32)53-34-19-21-37-40(28-34)47-50-29-42(31-13-6-2-7-14-31)52(47)41-17-10-24-48-44(37)41/h1-29H. The second kappa shape index (κ2) is 11.6. The predicted octanol–water partition coefficient (Wildman–Crippen LogP) is 11.8. The lowest BCUT2D eigenvalue weighted by Gasteiger charge is -2.18. The summed E-state index contributed by atoms with van der Waals surface area (Å²) < 4.78 is 11.1. The number of nitrogens with zero attached hydrogens (tertiary/aromatic N) is 5. The van der Waals surface area contributed by atoms with Crippen molar-refractivity contribution in [3.05, 3.63) is 176 Å². The normalized spacial score (nSPS) is 11.8. The molecule has 6 nitrogen and oxygen atoms in total. The molecule has 0 amide bonds. The largest absolute Gasteiger partial charge is 0.457 e. The summed E-state index contributed by atoms with van der Waals surface area (Å²) in [6.07, 6.45) is 7.73. The number of hydrogen-bond acceptors (Lipinski definition) is 4. The Morgan fingerprint density at radius 2 is 1.13 bits per heavy atom. The molecule has 0 unspecified atom stereocenters. The van der Waals surface area contributed by atoms with Crippen LogP contribution in [0.25, 0.3) is 88.3 Å². The van der Waals surface area contributed by atoms with Crippen molar-refractivity contribution in [2.75, 3.05) is 0 Å². The van der Waals surface area contributed by atoms with Crippen LogP contribution in [0.15, 0.2) is 176 Å². The van der Waals surface area contributed by atoms with Crippen molar-refractivity contribution in [1.29, 1.82) is 0 Å². The molecule has 0 spiro atoms. The zero-order valence-corrected chi connectivity index (χ0v) is 28.4. The van der Waals surface area contributed by atoms with Gasteiger partial charge in [-0.05, 0) is 70.6 Å². The summed E-state index contributed by atoms with van der Waals surface area (Å²) in [5.41, 5.74) is 11.6. The maximum Gasteiger partial charge on any atom is 0.145 e. The molecule has 5 aromatic heterocycles. The van der Waals surface area contributed by atoms with E-state index in [0.29, 0.717) is 0 Å². The first kappa shape index (κ1) is 29.4. The van der Waals surface area contributed by atoms with Crippen LogP contribution >= 0.6 is 0 Å². The Morgan fingerprint density at radius 1 is 0.472 bits per heavy atom. The number of pyridine rings is 3. The van der Waals surface area contributed by atoms with Crippen molar-refractivity contribution < 1.29 is 4.74 Å². The van der Waals surface area contributed by atoms with Crippen LogP contribution in [-0.2, 0) is 0 Å². The van der Waals surface area contributed by atoms with Gasteiger partial charge in [-0.2, -0.15) is 0 Å². The Bertz CT molecular complexity index is 3190. The third-order valence-electron chi connectivity index (χ3n) is 10.3.